The monoisotopic (exact) mass is 287 g/mol. The van der Waals surface area contributed by atoms with Crippen LogP contribution in [-0.2, 0) is 6.42 Å². The van der Waals surface area contributed by atoms with E-state index in [1.54, 1.807) is 23.9 Å². The molecule has 0 saturated carbocycles. The molecule has 0 spiro atoms. The highest BCUT2D eigenvalue weighted by molar-refractivity contribution is 7.98. The topological polar surface area (TPSA) is 52.5 Å². The molecule has 0 radical (unpaired) electrons. The minimum absolute atomic E-state index is 0.0397. The highest BCUT2D eigenvalue weighted by Gasteiger charge is 2.23. The zero-order valence-corrected chi connectivity index (χ0v) is 12.1. The Labute approximate surface area is 122 Å². The molecule has 2 aromatic carbocycles. The largest absolute Gasteiger partial charge is 0.504 e. The summed E-state index contributed by atoms with van der Waals surface area (Å²) in [5.41, 5.74) is 3.32. The van der Waals surface area contributed by atoms with Crippen LogP contribution in [0.2, 0.25) is 0 Å². The number of benzene rings is 2. The van der Waals surface area contributed by atoms with Gasteiger partial charge in [-0.15, -0.1) is 11.8 Å². The predicted octanol–water partition coefficient (Wildman–Crippen LogP) is 3.05. The third kappa shape index (κ3) is 2.37. The quantitative estimate of drug-likeness (QED) is 0.587. The molecule has 0 amide bonds. The van der Waals surface area contributed by atoms with Gasteiger partial charge in [-0.1, -0.05) is 12.1 Å². The number of phenols is 2. The van der Waals surface area contributed by atoms with E-state index in [-0.39, 0.29) is 17.5 Å². The first kappa shape index (κ1) is 13.3. The summed E-state index contributed by atoms with van der Waals surface area (Å²) in [6.07, 6.45) is 2.92. The Morgan fingerprint density at radius 1 is 1.10 bits per heavy atom. The van der Waals surface area contributed by atoms with Crippen LogP contribution < -0.4 is 5.32 Å². The molecular formula is C16H17NO2S. The van der Waals surface area contributed by atoms with Gasteiger partial charge in [0.25, 0.3) is 0 Å². The summed E-state index contributed by atoms with van der Waals surface area (Å²) in [4.78, 5) is 1.23. The molecule has 4 heteroatoms. The Morgan fingerprint density at radius 2 is 1.80 bits per heavy atom. The molecule has 3 N–H and O–H groups in total. The summed E-state index contributed by atoms with van der Waals surface area (Å²) in [5, 5.41) is 22.8. The number of fused-ring (bicyclic) bond motifs is 1. The second kappa shape index (κ2) is 5.38. The van der Waals surface area contributed by atoms with E-state index in [9.17, 15) is 10.2 Å². The second-order valence-electron chi connectivity index (χ2n) is 4.95. The van der Waals surface area contributed by atoms with Crippen molar-refractivity contribution < 1.29 is 10.2 Å². The number of thioether (sulfide) groups is 1. The van der Waals surface area contributed by atoms with Crippen LogP contribution in [-0.4, -0.2) is 23.0 Å². The van der Waals surface area contributed by atoms with Crippen LogP contribution in [0.15, 0.2) is 41.3 Å². The molecule has 1 unspecified atom stereocenters. The molecule has 2 aromatic rings. The fraction of sp³-hybridized carbons (Fsp3) is 0.250. The van der Waals surface area contributed by atoms with Crippen LogP contribution in [0.5, 0.6) is 11.5 Å². The van der Waals surface area contributed by atoms with Crippen LogP contribution in [0.3, 0.4) is 0 Å². The van der Waals surface area contributed by atoms with Crippen molar-refractivity contribution in [1.82, 2.24) is 5.32 Å². The molecular weight excluding hydrogens is 270 g/mol. The van der Waals surface area contributed by atoms with Gasteiger partial charge in [0.15, 0.2) is 11.5 Å². The molecule has 1 aliphatic rings. The molecule has 0 aromatic heterocycles. The smallest absolute Gasteiger partial charge is 0.157 e. The Bertz CT molecular complexity index is 625. The first-order valence-corrected chi connectivity index (χ1v) is 7.83. The lowest BCUT2D eigenvalue weighted by atomic mass is 9.89. The maximum atomic E-state index is 9.74. The summed E-state index contributed by atoms with van der Waals surface area (Å²) in [6.45, 7) is 0.867. The minimum Gasteiger partial charge on any atom is -0.504 e. The van der Waals surface area contributed by atoms with Gasteiger partial charge >= 0.3 is 0 Å². The number of phenolic OH excluding ortho intramolecular Hbond substituents is 2. The third-order valence-electron chi connectivity index (χ3n) is 3.74. The molecule has 20 heavy (non-hydrogen) atoms. The molecule has 104 valence electrons. The van der Waals surface area contributed by atoms with Gasteiger partial charge in [0.1, 0.15) is 0 Å². The van der Waals surface area contributed by atoms with Crippen LogP contribution >= 0.6 is 11.8 Å². The Kier molecular flexibility index (Phi) is 3.59. The van der Waals surface area contributed by atoms with E-state index in [4.69, 9.17) is 0 Å². The summed E-state index contributed by atoms with van der Waals surface area (Å²) in [6, 6.07) is 11.9. The van der Waals surface area contributed by atoms with E-state index in [2.05, 4.69) is 35.8 Å². The van der Waals surface area contributed by atoms with Crippen LogP contribution in [0.1, 0.15) is 22.7 Å². The van der Waals surface area contributed by atoms with Crippen molar-refractivity contribution in [3.63, 3.8) is 0 Å². The summed E-state index contributed by atoms with van der Waals surface area (Å²) in [5.74, 6) is -0.0969. The van der Waals surface area contributed by atoms with E-state index in [0.717, 1.165) is 24.1 Å². The number of nitrogens with one attached hydrogen (secondary N) is 1. The number of hydrogen-bond acceptors (Lipinski definition) is 4. The minimum atomic E-state index is -0.0572. The highest BCUT2D eigenvalue weighted by Crippen LogP contribution is 2.36. The number of rotatable bonds is 2. The molecule has 3 nitrogen and oxygen atoms in total. The van der Waals surface area contributed by atoms with Gasteiger partial charge in [-0.2, -0.15) is 0 Å². The van der Waals surface area contributed by atoms with Gasteiger partial charge in [-0.05, 0) is 53.6 Å². The van der Waals surface area contributed by atoms with Crippen LogP contribution in [0.4, 0.5) is 0 Å². The first-order valence-electron chi connectivity index (χ1n) is 6.61. The van der Waals surface area contributed by atoms with Crippen molar-refractivity contribution in [3.8, 4) is 11.5 Å². The SMILES string of the molecule is CSc1ccc(C2NCCc3cc(O)c(O)cc32)cc1. The predicted molar refractivity (Wildman–Crippen MR) is 81.5 cm³/mol. The normalized spacial score (nSPS) is 17.8. The lowest BCUT2D eigenvalue weighted by Gasteiger charge is -2.28. The average molecular weight is 287 g/mol. The van der Waals surface area contributed by atoms with Crippen molar-refractivity contribution >= 4 is 11.8 Å². The van der Waals surface area contributed by atoms with Gasteiger partial charge in [0.05, 0.1) is 6.04 Å². The van der Waals surface area contributed by atoms with E-state index in [0.29, 0.717) is 0 Å². The second-order valence-corrected chi connectivity index (χ2v) is 5.83. The Hall–Kier alpha value is -1.65. The van der Waals surface area contributed by atoms with Gasteiger partial charge in [0.2, 0.25) is 0 Å². The van der Waals surface area contributed by atoms with Gasteiger partial charge in [-0.3, -0.25) is 0 Å². The van der Waals surface area contributed by atoms with Crippen LogP contribution in [0.25, 0.3) is 0 Å². The molecule has 0 fully saturated rings. The lowest BCUT2D eigenvalue weighted by Crippen LogP contribution is -2.30. The number of aromatic hydroxyl groups is 2. The molecule has 1 heterocycles. The van der Waals surface area contributed by atoms with Crippen LogP contribution in [0, 0.1) is 0 Å². The van der Waals surface area contributed by atoms with E-state index < -0.39 is 0 Å². The Morgan fingerprint density at radius 3 is 2.50 bits per heavy atom. The molecule has 0 saturated heterocycles. The van der Waals surface area contributed by atoms with Crippen molar-refractivity contribution in [2.45, 2.75) is 17.4 Å². The standard InChI is InChI=1S/C16H17NO2S/c1-20-12-4-2-10(3-5-12)16-13-9-15(19)14(18)8-11(13)6-7-17-16/h2-5,8-9,16-19H,6-7H2,1H3. The summed E-state index contributed by atoms with van der Waals surface area (Å²) < 4.78 is 0. The van der Waals surface area contributed by atoms with Gasteiger partial charge in [-0.25, -0.2) is 0 Å². The fourth-order valence-corrected chi connectivity index (χ4v) is 3.08. The maximum Gasteiger partial charge on any atom is 0.157 e. The van der Waals surface area contributed by atoms with E-state index in [1.165, 1.54) is 10.5 Å². The zero-order chi connectivity index (χ0) is 14.1. The Balaban J connectivity index is 2.02. The molecule has 0 bridgehead atoms. The molecule has 3 rings (SSSR count). The molecule has 1 aliphatic heterocycles. The fourth-order valence-electron chi connectivity index (χ4n) is 2.68. The number of hydrogen-bond donors (Lipinski definition) is 3. The van der Waals surface area contributed by atoms with E-state index >= 15 is 0 Å². The van der Waals surface area contributed by atoms with Crippen molar-refractivity contribution in [1.29, 1.82) is 0 Å². The molecule has 1 atom stereocenters. The first-order chi connectivity index (χ1) is 9.69. The molecule has 0 aliphatic carbocycles. The highest BCUT2D eigenvalue weighted by atomic mass is 32.2. The van der Waals surface area contributed by atoms with E-state index in [1.807, 2.05) is 0 Å². The lowest BCUT2D eigenvalue weighted by molar-refractivity contribution is 0.400. The summed E-state index contributed by atoms with van der Waals surface area (Å²) in [7, 11) is 0. The third-order valence-corrected chi connectivity index (χ3v) is 4.48. The maximum absolute atomic E-state index is 9.74. The average Bonchev–Trinajstić information content (AvgIpc) is 2.48. The zero-order valence-electron chi connectivity index (χ0n) is 11.3. The van der Waals surface area contributed by atoms with Crippen molar-refractivity contribution in [2.75, 3.05) is 12.8 Å². The van der Waals surface area contributed by atoms with Crippen molar-refractivity contribution in [3.05, 3.63) is 53.1 Å². The van der Waals surface area contributed by atoms with Gasteiger partial charge < -0.3 is 15.5 Å². The van der Waals surface area contributed by atoms with Gasteiger partial charge in [0, 0.05) is 11.4 Å². The summed E-state index contributed by atoms with van der Waals surface area (Å²) >= 11 is 1.72. The van der Waals surface area contributed by atoms with Crippen molar-refractivity contribution in [2.24, 2.45) is 0 Å².